The minimum Gasteiger partial charge on any atom is -0.298 e. The third-order valence-electron chi connectivity index (χ3n) is 2.69. The fourth-order valence-electron chi connectivity index (χ4n) is 1.78. The zero-order valence-corrected chi connectivity index (χ0v) is 10.1. The van der Waals surface area contributed by atoms with Crippen molar-refractivity contribution in [1.29, 1.82) is 0 Å². The molecular formula is C12H16N4O. The van der Waals surface area contributed by atoms with Crippen LogP contribution in [0, 0.1) is 0 Å². The molecule has 0 fully saturated rings. The van der Waals surface area contributed by atoms with Crippen molar-refractivity contribution in [2.45, 2.75) is 33.4 Å². The van der Waals surface area contributed by atoms with Gasteiger partial charge in [0.05, 0.1) is 29.7 Å². The lowest BCUT2D eigenvalue weighted by Gasteiger charge is -2.04. The lowest BCUT2D eigenvalue weighted by molar-refractivity contribution is 0.112. The van der Waals surface area contributed by atoms with Crippen LogP contribution in [0.5, 0.6) is 0 Å². The van der Waals surface area contributed by atoms with E-state index in [2.05, 4.69) is 30.1 Å². The standard InChI is InChI=1S/C12H16N4O/c1-3-11-5-12(16(4-2)14-11)8-15-7-10(9-17)6-13-15/h5-7,9H,3-4,8H2,1-2H3. The Bertz CT molecular complexity index is 512. The minimum atomic E-state index is 0.600. The van der Waals surface area contributed by atoms with E-state index in [-0.39, 0.29) is 0 Å². The van der Waals surface area contributed by atoms with Gasteiger partial charge in [-0.15, -0.1) is 0 Å². The van der Waals surface area contributed by atoms with E-state index >= 15 is 0 Å². The molecule has 0 amide bonds. The summed E-state index contributed by atoms with van der Waals surface area (Å²) in [6, 6.07) is 2.09. The van der Waals surface area contributed by atoms with E-state index < -0.39 is 0 Å². The topological polar surface area (TPSA) is 52.7 Å². The molecule has 0 bridgehead atoms. The highest BCUT2D eigenvalue weighted by molar-refractivity contribution is 5.73. The number of aryl methyl sites for hydroxylation is 2. The maximum absolute atomic E-state index is 10.6. The molecule has 0 N–H and O–H groups in total. The molecule has 0 radical (unpaired) electrons. The highest BCUT2D eigenvalue weighted by atomic mass is 16.1. The Kier molecular flexibility index (Phi) is 3.37. The van der Waals surface area contributed by atoms with Crippen LogP contribution in [-0.4, -0.2) is 25.8 Å². The Morgan fingerprint density at radius 3 is 2.82 bits per heavy atom. The van der Waals surface area contributed by atoms with Crippen LogP contribution in [0.2, 0.25) is 0 Å². The lowest BCUT2D eigenvalue weighted by Crippen LogP contribution is -2.08. The number of rotatable bonds is 5. The van der Waals surface area contributed by atoms with E-state index in [1.165, 1.54) is 0 Å². The van der Waals surface area contributed by atoms with Crippen molar-refractivity contribution in [2.24, 2.45) is 0 Å². The number of hydrogen-bond acceptors (Lipinski definition) is 3. The molecule has 0 saturated carbocycles. The van der Waals surface area contributed by atoms with Crippen LogP contribution in [0.4, 0.5) is 0 Å². The normalized spacial score (nSPS) is 10.7. The average molecular weight is 232 g/mol. The SMILES string of the molecule is CCc1cc(Cn2cc(C=O)cn2)n(CC)n1. The lowest BCUT2D eigenvalue weighted by atomic mass is 10.3. The maximum atomic E-state index is 10.6. The van der Waals surface area contributed by atoms with Crippen LogP contribution in [0.15, 0.2) is 18.5 Å². The molecule has 2 heterocycles. The second-order valence-electron chi connectivity index (χ2n) is 3.89. The second-order valence-corrected chi connectivity index (χ2v) is 3.89. The third kappa shape index (κ3) is 2.43. The summed E-state index contributed by atoms with van der Waals surface area (Å²) in [6.07, 6.45) is 5.04. The Labute approximate surface area is 100 Å². The zero-order chi connectivity index (χ0) is 12.3. The molecule has 0 unspecified atom stereocenters. The maximum Gasteiger partial charge on any atom is 0.153 e. The molecule has 17 heavy (non-hydrogen) atoms. The van der Waals surface area contributed by atoms with Crippen LogP contribution in [-0.2, 0) is 19.5 Å². The number of carbonyl (C=O) groups is 1. The summed E-state index contributed by atoms with van der Waals surface area (Å²) in [5, 5.41) is 8.61. The second kappa shape index (κ2) is 4.95. The van der Waals surface area contributed by atoms with Gasteiger partial charge in [-0.3, -0.25) is 14.2 Å². The van der Waals surface area contributed by atoms with Crippen molar-refractivity contribution >= 4 is 6.29 Å². The molecule has 90 valence electrons. The summed E-state index contributed by atoms with van der Waals surface area (Å²) >= 11 is 0. The van der Waals surface area contributed by atoms with Crippen LogP contribution in [0.1, 0.15) is 35.6 Å². The van der Waals surface area contributed by atoms with Gasteiger partial charge in [-0.25, -0.2) is 0 Å². The van der Waals surface area contributed by atoms with Gasteiger partial charge in [0.15, 0.2) is 6.29 Å². The molecule has 2 aromatic rings. The van der Waals surface area contributed by atoms with E-state index in [0.717, 1.165) is 30.6 Å². The van der Waals surface area contributed by atoms with Gasteiger partial charge >= 0.3 is 0 Å². The van der Waals surface area contributed by atoms with E-state index in [4.69, 9.17) is 0 Å². The first-order valence-corrected chi connectivity index (χ1v) is 5.80. The summed E-state index contributed by atoms with van der Waals surface area (Å²) in [6.45, 7) is 5.65. The quantitative estimate of drug-likeness (QED) is 0.734. The van der Waals surface area contributed by atoms with Gasteiger partial charge < -0.3 is 0 Å². The molecule has 5 heteroatoms. The number of nitrogens with zero attached hydrogens (tertiary/aromatic N) is 4. The van der Waals surface area contributed by atoms with Crippen LogP contribution >= 0.6 is 0 Å². The number of aromatic nitrogens is 4. The molecule has 0 aromatic carbocycles. The average Bonchev–Trinajstić information content (AvgIpc) is 2.95. The van der Waals surface area contributed by atoms with Gasteiger partial charge in [-0.1, -0.05) is 6.92 Å². The highest BCUT2D eigenvalue weighted by Gasteiger charge is 2.07. The van der Waals surface area contributed by atoms with Crippen molar-refractivity contribution in [2.75, 3.05) is 0 Å². The Morgan fingerprint density at radius 1 is 1.41 bits per heavy atom. The molecule has 2 aromatic heterocycles. The molecule has 5 nitrogen and oxygen atoms in total. The highest BCUT2D eigenvalue weighted by Crippen LogP contribution is 2.08. The largest absolute Gasteiger partial charge is 0.298 e. The molecule has 0 spiro atoms. The predicted molar refractivity (Wildman–Crippen MR) is 64.0 cm³/mol. The van der Waals surface area contributed by atoms with Crippen LogP contribution in [0.3, 0.4) is 0 Å². The summed E-state index contributed by atoms with van der Waals surface area (Å²) in [5.74, 6) is 0. The number of aldehydes is 1. The molecular weight excluding hydrogens is 216 g/mol. The molecule has 0 aliphatic heterocycles. The molecule has 2 rings (SSSR count). The molecule has 0 aliphatic rings. The van der Waals surface area contributed by atoms with Gasteiger partial charge in [-0.2, -0.15) is 10.2 Å². The number of hydrogen-bond donors (Lipinski definition) is 0. The van der Waals surface area contributed by atoms with Gasteiger partial charge in [0.1, 0.15) is 0 Å². The van der Waals surface area contributed by atoms with Crippen LogP contribution in [0.25, 0.3) is 0 Å². The van der Waals surface area contributed by atoms with E-state index in [1.807, 2.05) is 4.68 Å². The Balaban J connectivity index is 2.22. The first-order chi connectivity index (χ1) is 8.26. The molecule has 0 saturated heterocycles. The Morgan fingerprint density at radius 2 is 2.24 bits per heavy atom. The van der Waals surface area contributed by atoms with Gasteiger partial charge in [0.2, 0.25) is 0 Å². The third-order valence-corrected chi connectivity index (χ3v) is 2.69. The summed E-state index contributed by atoms with van der Waals surface area (Å²) in [7, 11) is 0. The van der Waals surface area contributed by atoms with Crippen molar-refractivity contribution in [1.82, 2.24) is 19.6 Å². The monoisotopic (exact) mass is 232 g/mol. The minimum absolute atomic E-state index is 0.600. The van der Waals surface area contributed by atoms with Crippen molar-refractivity contribution in [3.63, 3.8) is 0 Å². The number of carbonyl (C=O) groups excluding carboxylic acids is 1. The summed E-state index contributed by atoms with van der Waals surface area (Å²) in [4.78, 5) is 10.6. The fourth-order valence-corrected chi connectivity index (χ4v) is 1.78. The van der Waals surface area contributed by atoms with Crippen molar-refractivity contribution in [3.05, 3.63) is 35.4 Å². The summed E-state index contributed by atoms with van der Waals surface area (Å²) in [5.41, 5.74) is 2.80. The predicted octanol–water partition coefficient (Wildman–Crippen LogP) is 1.52. The van der Waals surface area contributed by atoms with Crippen molar-refractivity contribution < 1.29 is 4.79 Å². The van der Waals surface area contributed by atoms with E-state index in [9.17, 15) is 4.79 Å². The smallest absolute Gasteiger partial charge is 0.153 e. The van der Waals surface area contributed by atoms with Gasteiger partial charge in [0.25, 0.3) is 0 Å². The van der Waals surface area contributed by atoms with Crippen molar-refractivity contribution in [3.8, 4) is 0 Å². The summed E-state index contributed by atoms with van der Waals surface area (Å²) < 4.78 is 3.73. The van der Waals surface area contributed by atoms with Crippen LogP contribution < -0.4 is 0 Å². The van der Waals surface area contributed by atoms with Gasteiger partial charge in [-0.05, 0) is 19.4 Å². The molecule has 0 atom stereocenters. The van der Waals surface area contributed by atoms with E-state index in [0.29, 0.717) is 12.1 Å². The first-order valence-electron chi connectivity index (χ1n) is 5.80. The van der Waals surface area contributed by atoms with Gasteiger partial charge in [0, 0.05) is 12.7 Å². The fraction of sp³-hybridized carbons (Fsp3) is 0.417. The zero-order valence-electron chi connectivity index (χ0n) is 10.1. The Hall–Kier alpha value is -1.91. The van der Waals surface area contributed by atoms with E-state index in [1.54, 1.807) is 17.1 Å². The first kappa shape index (κ1) is 11.6. The molecule has 0 aliphatic carbocycles.